The molecule has 3 atom stereocenters. The third-order valence-electron chi connectivity index (χ3n) is 3.88. The number of hydrogen-bond donors (Lipinski definition) is 0. The summed E-state index contributed by atoms with van der Waals surface area (Å²) >= 11 is 0. The predicted octanol–water partition coefficient (Wildman–Crippen LogP) is 2.44. The van der Waals surface area contributed by atoms with Crippen LogP contribution in [0.15, 0.2) is 12.7 Å². The molecule has 2 rings (SSSR count). The minimum Gasteiger partial charge on any atom is -0.300 e. The Balaban J connectivity index is 2.17. The smallest absolute Gasteiger partial charge is 0.0104 e. The van der Waals surface area contributed by atoms with E-state index in [2.05, 4.69) is 31.5 Å². The van der Waals surface area contributed by atoms with Crippen LogP contribution in [0.2, 0.25) is 0 Å². The molecular weight excluding hydrogens is 146 g/mol. The minimum absolute atomic E-state index is 0.429. The Labute approximate surface area is 75.4 Å². The zero-order valence-corrected chi connectivity index (χ0v) is 8.21. The normalized spacial score (nSPS) is 47.8. The monoisotopic (exact) mass is 165 g/mol. The van der Waals surface area contributed by atoms with Crippen LogP contribution in [0, 0.1) is 5.41 Å². The maximum Gasteiger partial charge on any atom is 0.0104 e. The van der Waals surface area contributed by atoms with Crippen molar-refractivity contribution in [3.63, 3.8) is 0 Å². The number of hydrogen-bond acceptors (Lipinski definition) is 1. The second-order valence-electron chi connectivity index (χ2n) is 4.82. The van der Waals surface area contributed by atoms with Crippen LogP contribution in [-0.2, 0) is 0 Å². The van der Waals surface area contributed by atoms with Gasteiger partial charge in [-0.3, -0.25) is 0 Å². The van der Waals surface area contributed by atoms with E-state index in [0.29, 0.717) is 5.41 Å². The molecule has 0 saturated carbocycles. The number of rotatable bonds is 1. The van der Waals surface area contributed by atoms with Gasteiger partial charge in [-0.15, -0.1) is 6.58 Å². The highest BCUT2D eigenvalue weighted by Gasteiger charge is 2.42. The van der Waals surface area contributed by atoms with E-state index in [1.165, 1.54) is 25.7 Å². The molecule has 0 spiro atoms. The molecule has 2 aliphatic rings. The van der Waals surface area contributed by atoms with Gasteiger partial charge in [0.1, 0.15) is 0 Å². The standard InChI is InChI=1S/C11H19N/c1-4-11(2)7-9-5-6-10(8-11)12(9)3/h4,9-10H,1,5-8H2,2-3H3/t9-,10+,11?. The van der Waals surface area contributed by atoms with Crippen LogP contribution in [0.3, 0.4) is 0 Å². The van der Waals surface area contributed by atoms with Crippen LogP contribution in [0.1, 0.15) is 32.6 Å². The van der Waals surface area contributed by atoms with E-state index in [-0.39, 0.29) is 0 Å². The van der Waals surface area contributed by atoms with Gasteiger partial charge < -0.3 is 4.90 Å². The maximum absolute atomic E-state index is 3.96. The van der Waals surface area contributed by atoms with Crippen molar-refractivity contribution in [1.82, 2.24) is 4.90 Å². The van der Waals surface area contributed by atoms with Crippen molar-refractivity contribution < 1.29 is 0 Å². The van der Waals surface area contributed by atoms with Crippen molar-refractivity contribution >= 4 is 0 Å². The molecule has 0 aliphatic carbocycles. The number of allylic oxidation sites excluding steroid dienone is 1. The van der Waals surface area contributed by atoms with Crippen molar-refractivity contribution in [2.24, 2.45) is 5.41 Å². The van der Waals surface area contributed by atoms with Crippen molar-refractivity contribution in [2.45, 2.75) is 44.7 Å². The first-order valence-corrected chi connectivity index (χ1v) is 5.00. The SMILES string of the molecule is C=CC1(C)C[C@H]2CC[C@@H](C1)N2C. The van der Waals surface area contributed by atoms with Crippen molar-refractivity contribution in [1.29, 1.82) is 0 Å². The molecule has 12 heavy (non-hydrogen) atoms. The summed E-state index contributed by atoms with van der Waals surface area (Å²) in [6.07, 6.45) is 7.63. The lowest BCUT2D eigenvalue weighted by molar-refractivity contribution is 0.103. The molecule has 1 unspecified atom stereocenters. The van der Waals surface area contributed by atoms with E-state index in [4.69, 9.17) is 0 Å². The van der Waals surface area contributed by atoms with E-state index >= 15 is 0 Å². The highest BCUT2D eigenvalue weighted by molar-refractivity contribution is 5.04. The van der Waals surface area contributed by atoms with Crippen LogP contribution in [0.5, 0.6) is 0 Å². The van der Waals surface area contributed by atoms with Gasteiger partial charge in [-0.1, -0.05) is 13.0 Å². The average molecular weight is 165 g/mol. The zero-order chi connectivity index (χ0) is 8.77. The van der Waals surface area contributed by atoms with Gasteiger partial charge in [0, 0.05) is 12.1 Å². The summed E-state index contributed by atoms with van der Waals surface area (Å²) in [5.74, 6) is 0. The zero-order valence-electron chi connectivity index (χ0n) is 8.21. The van der Waals surface area contributed by atoms with Gasteiger partial charge in [-0.2, -0.15) is 0 Å². The lowest BCUT2D eigenvalue weighted by atomic mass is 9.77. The van der Waals surface area contributed by atoms with E-state index in [9.17, 15) is 0 Å². The van der Waals surface area contributed by atoms with Gasteiger partial charge in [-0.25, -0.2) is 0 Å². The van der Waals surface area contributed by atoms with E-state index in [1.54, 1.807) is 0 Å². The summed E-state index contributed by atoms with van der Waals surface area (Å²) < 4.78 is 0. The van der Waals surface area contributed by atoms with Gasteiger partial charge in [0.2, 0.25) is 0 Å². The molecule has 0 aromatic carbocycles. The Kier molecular flexibility index (Phi) is 1.80. The molecule has 2 saturated heterocycles. The molecule has 0 amide bonds. The summed E-state index contributed by atoms with van der Waals surface area (Å²) in [7, 11) is 2.28. The largest absolute Gasteiger partial charge is 0.300 e. The van der Waals surface area contributed by atoms with Crippen LogP contribution < -0.4 is 0 Å². The molecule has 2 fully saturated rings. The topological polar surface area (TPSA) is 3.24 Å². The molecule has 0 N–H and O–H groups in total. The second kappa shape index (κ2) is 2.59. The summed E-state index contributed by atoms with van der Waals surface area (Å²) in [5, 5.41) is 0. The van der Waals surface area contributed by atoms with Crippen LogP contribution in [0.4, 0.5) is 0 Å². The maximum atomic E-state index is 3.96. The van der Waals surface area contributed by atoms with E-state index < -0.39 is 0 Å². The fourth-order valence-corrected chi connectivity index (χ4v) is 2.91. The molecular formula is C11H19N. The summed E-state index contributed by atoms with van der Waals surface area (Å²) in [6, 6.07) is 1.68. The first-order chi connectivity index (χ1) is 5.64. The Morgan fingerprint density at radius 3 is 2.25 bits per heavy atom. The molecule has 2 aliphatic heterocycles. The molecule has 1 nitrogen and oxygen atoms in total. The molecule has 1 heteroatoms. The average Bonchev–Trinajstić information content (AvgIpc) is 2.32. The summed E-state index contributed by atoms with van der Waals surface area (Å²) in [4.78, 5) is 2.57. The van der Waals surface area contributed by atoms with E-state index in [1.807, 2.05) is 0 Å². The number of piperidine rings is 1. The third-order valence-corrected chi connectivity index (χ3v) is 3.88. The molecule has 0 aromatic heterocycles. The molecule has 0 radical (unpaired) electrons. The lowest BCUT2D eigenvalue weighted by Gasteiger charge is -2.41. The van der Waals surface area contributed by atoms with Crippen molar-refractivity contribution in [2.75, 3.05) is 7.05 Å². The first kappa shape index (κ1) is 8.31. The van der Waals surface area contributed by atoms with Crippen LogP contribution in [-0.4, -0.2) is 24.0 Å². The highest BCUT2D eigenvalue weighted by Crippen LogP contribution is 2.44. The molecule has 68 valence electrons. The van der Waals surface area contributed by atoms with Crippen molar-refractivity contribution in [3.05, 3.63) is 12.7 Å². The van der Waals surface area contributed by atoms with Crippen LogP contribution in [0.25, 0.3) is 0 Å². The minimum atomic E-state index is 0.429. The van der Waals surface area contributed by atoms with Gasteiger partial charge in [0.25, 0.3) is 0 Å². The van der Waals surface area contributed by atoms with Crippen LogP contribution >= 0.6 is 0 Å². The molecule has 2 heterocycles. The quantitative estimate of drug-likeness (QED) is 0.539. The number of fused-ring (bicyclic) bond motifs is 2. The fourth-order valence-electron chi connectivity index (χ4n) is 2.91. The Morgan fingerprint density at radius 2 is 1.83 bits per heavy atom. The molecule has 2 bridgehead atoms. The Hall–Kier alpha value is -0.300. The highest BCUT2D eigenvalue weighted by atomic mass is 15.2. The first-order valence-electron chi connectivity index (χ1n) is 5.00. The fraction of sp³-hybridized carbons (Fsp3) is 0.818. The number of nitrogens with zero attached hydrogens (tertiary/aromatic N) is 1. The van der Waals surface area contributed by atoms with Gasteiger partial charge >= 0.3 is 0 Å². The third kappa shape index (κ3) is 1.11. The van der Waals surface area contributed by atoms with Gasteiger partial charge in [-0.05, 0) is 38.1 Å². The Morgan fingerprint density at radius 1 is 1.33 bits per heavy atom. The summed E-state index contributed by atoms with van der Waals surface area (Å²) in [5.41, 5.74) is 0.429. The lowest BCUT2D eigenvalue weighted by Crippen LogP contribution is -2.43. The van der Waals surface area contributed by atoms with E-state index in [0.717, 1.165) is 12.1 Å². The Bertz CT molecular complexity index is 183. The van der Waals surface area contributed by atoms with Gasteiger partial charge in [0.15, 0.2) is 0 Å². The second-order valence-corrected chi connectivity index (χ2v) is 4.82. The summed E-state index contributed by atoms with van der Waals surface area (Å²) in [6.45, 7) is 6.32. The van der Waals surface area contributed by atoms with Gasteiger partial charge in [0.05, 0.1) is 0 Å². The van der Waals surface area contributed by atoms with Crippen molar-refractivity contribution in [3.8, 4) is 0 Å². The molecule has 0 aromatic rings. The predicted molar refractivity (Wildman–Crippen MR) is 52.1 cm³/mol.